The summed E-state index contributed by atoms with van der Waals surface area (Å²) in [6.45, 7) is 4.77. The Hall–Kier alpha value is -1.66. The number of nitrogens with one attached hydrogen (secondary N) is 2. The number of piperidine rings is 1. The molecule has 24 heavy (non-hydrogen) atoms. The fraction of sp³-hybridized carbons (Fsp3) is 0.588. The van der Waals surface area contributed by atoms with Crippen LogP contribution in [0.25, 0.3) is 0 Å². The maximum atomic E-state index is 12.6. The van der Waals surface area contributed by atoms with E-state index in [2.05, 4.69) is 17.6 Å². The smallest absolute Gasteiger partial charge is 0.255 e. The number of amides is 1. The van der Waals surface area contributed by atoms with E-state index < -0.39 is 0 Å². The lowest BCUT2D eigenvalue weighted by atomic mass is 9.83. The van der Waals surface area contributed by atoms with Crippen molar-refractivity contribution in [3.05, 3.63) is 17.7 Å². The monoisotopic (exact) mass is 358 g/mol. The molecule has 1 aromatic carbocycles. The summed E-state index contributed by atoms with van der Waals surface area (Å²) in [5.41, 5.74) is 0.523. The SMILES string of the molecule is COc1ccc(C(=O)NCC2(C)CCCNC2)c(OC)c1OC.Cl. The van der Waals surface area contributed by atoms with Crippen LogP contribution in [0.3, 0.4) is 0 Å². The summed E-state index contributed by atoms with van der Waals surface area (Å²) >= 11 is 0. The van der Waals surface area contributed by atoms with Crippen molar-refractivity contribution in [2.24, 2.45) is 5.41 Å². The van der Waals surface area contributed by atoms with E-state index in [9.17, 15) is 4.79 Å². The van der Waals surface area contributed by atoms with Crippen molar-refractivity contribution in [2.45, 2.75) is 19.8 Å². The van der Waals surface area contributed by atoms with Gasteiger partial charge in [0.15, 0.2) is 11.5 Å². The Bertz CT molecular complexity index is 560. The van der Waals surface area contributed by atoms with Gasteiger partial charge < -0.3 is 24.8 Å². The van der Waals surface area contributed by atoms with Crippen molar-refractivity contribution >= 4 is 18.3 Å². The fourth-order valence-corrected chi connectivity index (χ4v) is 2.94. The molecule has 1 fully saturated rings. The van der Waals surface area contributed by atoms with E-state index in [1.165, 1.54) is 14.2 Å². The minimum absolute atomic E-state index is 0. The van der Waals surface area contributed by atoms with E-state index in [0.29, 0.717) is 29.4 Å². The highest BCUT2D eigenvalue weighted by atomic mass is 35.5. The third-order valence-corrected chi connectivity index (χ3v) is 4.31. The molecule has 7 heteroatoms. The lowest BCUT2D eigenvalue weighted by Crippen LogP contribution is -2.45. The van der Waals surface area contributed by atoms with Crippen LogP contribution in [0.4, 0.5) is 0 Å². The summed E-state index contributed by atoms with van der Waals surface area (Å²) in [5.74, 6) is 1.17. The zero-order valence-corrected chi connectivity index (χ0v) is 15.5. The van der Waals surface area contributed by atoms with Gasteiger partial charge in [0.1, 0.15) is 0 Å². The summed E-state index contributed by atoms with van der Waals surface area (Å²) in [6.07, 6.45) is 2.23. The van der Waals surface area contributed by atoms with Crippen molar-refractivity contribution in [3.8, 4) is 17.2 Å². The number of hydrogen-bond donors (Lipinski definition) is 2. The number of hydrogen-bond acceptors (Lipinski definition) is 5. The Morgan fingerprint density at radius 3 is 2.46 bits per heavy atom. The largest absolute Gasteiger partial charge is 0.493 e. The molecular weight excluding hydrogens is 332 g/mol. The summed E-state index contributed by atoms with van der Waals surface area (Å²) in [4.78, 5) is 12.6. The van der Waals surface area contributed by atoms with Crippen LogP contribution in [0.1, 0.15) is 30.1 Å². The fourth-order valence-electron chi connectivity index (χ4n) is 2.94. The van der Waals surface area contributed by atoms with Crippen molar-refractivity contribution in [2.75, 3.05) is 41.0 Å². The Balaban J connectivity index is 0.00000288. The van der Waals surface area contributed by atoms with Crippen molar-refractivity contribution in [3.63, 3.8) is 0 Å². The molecule has 1 saturated heterocycles. The molecule has 1 heterocycles. The number of methoxy groups -OCH3 is 3. The van der Waals surface area contributed by atoms with E-state index in [4.69, 9.17) is 14.2 Å². The molecule has 1 aromatic rings. The van der Waals surface area contributed by atoms with Crippen molar-refractivity contribution in [1.82, 2.24) is 10.6 Å². The zero-order valence-electron chi connectivity index (χ0n) is 14.7. The summed E-state index contributed by atoms with van der Waals surface area (Å²) in [7, 11) is 4.59. The van der Waals surface area contributed by atoms with Gasteiger partial charge in [-0.2, -0.15) is 0 Å². The maximum Gasteiger partial charge on any atom is 0.255 e. The summed E-state index contributed by atoms with van der Waals surface area (Å²) in [5, 5.41) is 6.40. The third-order valence-electron chi connectivity index (χ3n) is 4.31. The molecule has 1 unspecified atom stereocenters. The number of benzene rings is 1. The van der Waals surface area contributed by atoms with Gasteiger partial charge in [0.25, 0.3) is 5.91 Å². The quantitative estimate of drug-likeness (QED) is 0.816. The second-order valence-corrected chi connectivity index (χ2v) is 6.16. The van der Waals surface area contributed by atoms with Crippen LogP contribution >= 0.6 is 12.4 Å². The summed E-state index contributed by atoms with van der Waals surface area (Å²) < 4.78 is 15.9. The first-order valence-corrected chi connectivity index (χ1v) is 7.82. The van der Waals surface area contributed by atoms with Crippen molar-refractivity contribution in [1.29, 1.82) is 0 Å². The molecule has 1 amide bonds. The van der Waals surface area contributed by atoms with Gasteiger partial charge in [-0.15, -0.1) is 12.4 Å². The normalized spacial score (nSPS) is 19.8. The highest BCUT2D eigenvalue weighted by molar-refractivity contribution is 5.98. The van der Waals surface area contributed by atoms with E-state index in [0.717, 1.165) is 25.9 Å². The van der Waals surface area contributed by atoms with Gasteiger partial charge in [-0.05, 0) is 36.9 Å². The molecule has 1 aliphatic rings. The molecule has 6 nitrogen and oxygen atoms in total. The van der Waals surface area contributed by atoms with Gasteiger partial charge in [0.2, 0.25) is 5.75 Å². The number of carbonyl (C=O) groups is 1. The second kappa shape index (κ2) is 8.99. The molecule has 0 radical (unpaired) electrons. The first-order valence-electron chi connectivity index (χ1n) is 7.82. The average molecular weight is 359 g/mol. The van der Waals surface area contributed by atoms with Gasteiger partial charge in [0.05, 0.1) is 26.9 Å². The van der Waals surface area contributed by atoms with Crippen LogP contribution < -0.4 is 24.8 Å². The van der Waals surface area contributed by atoms with Crippen LogP contribution in [0.2, 0.25) is 0 Å². The molecule has 0 saturated carbocycles. The van der Waals surface area contributed by atoms with Crippen LogP contribution in [0.15, 0.2) is 12.1 Å². The second-order valence-electron chi connectivity index (χ2n) is 6.16. The van der Waals surface area contributed by atoms with Crippen LogP contribution in [0.5, 0.6) is 17.2 Å². The molecular formula is C17H27ClN2O4. The van der Waals surface area contributed by atoms with Gasteiger partial charge in [-0.25, -0.2) is 0 Å². The lowest BCUT2D eigenvalue weighted by molar-refractivity contribution is 0.0921. The molecule has 2 N–H and O–H groups in total. The lowest BCUT2D eigenvalue weighted by Gasteiger charge is -2.34. The standard InChI is InChI=1S/C17H26N2O4.ClH/c1-17(8-5-9-18-10-17)11-19-16(20)12-6-7-13(21-2)15(23-4)14(12)22-3;/h6-7,18H,5,8-11H2,1-4H3,(H,19,20);1H. The number of halogens is 1. The number of carbonyl (C=O) groups excluding carboxylic acids is 1. The topological polar surface area (TPSA) is 68.8 Å². The van der Waals surface area contributed by atoms with Gasteiger partial charge in [-0.3, -0.25) is 4.79 Å². The van der Waals surface area contributed by atoms with E-state index in [-0.39, 0.29) is 23.7 Å². The number of rotatable bonds is 6. The zero-order chi connectivity index (χ0) is 16.9. The Labute approximate surface area is 149 Å². The predicted molar refractivity (Wildman–Crippen MR) is 95.9 cm³/mol. The first kappa shape index (κ1) is 20.4. The first-order chi connectivity index (χ1) is 11.0. The van der Waals surface area contributed by atoms with E-state index in [1.807, 2.05) is 0 Å². The molecule has 2 rings (SSSR count). The molecule has 0 aromatic heterocycles. The highest BCUT2D eigenvalue weighted by Gasteiger charge is 2.28. The number of ether oxygens (including phenoxy) is 3. The molecule has 0 bridgehead atoms. The molecule has 1 atom stereocenters. The van der Waals surface area contributed by atoms with Crippen molar-refractivity contribution < 1.29 is 19.0 Å². The highest BCUT2D eigenvalue weighted by Crippen LogP contribution is 2.39. The van der Waals surface area contributed by atoms with E-state index in [1.54, 1.807) is 19.2 Å². The summed E-state index contributed by atoms with van der Waals surface area (Å²) in [6, 6.07) is 3.40. The molecule has 1 aliphatic heterocycles. The third kappa shape index (κ3) is 4.45. The molecule has 136 valence electrons. The molecule has 0 spiro atoms. The minimum Gasteiger partial charge on any atom is -0.493 e. The van der Waals surface area contributed by atoms with Gasteiger partial charge in [0, 0.05) is 13.1 Å². The van der Waals surface area contributed by atoms with Gasteiger partial charge >= 0.3 is 0 Å². The van der Waals surface area contributed by atoms with Crippen LogP contribution in [-0.4, -0.2) is 46.9 Å². The maximum absolute atomic E-state index is 12.6. The van der Waals surface area contributed by atoms with Crippen LogP contribution in [-0.2, 0) is 0 Å². The Morgan fingerprint density at radius 2 is 1.92 bits per heavy atom. The Morgan fingerprint density at radius 1 is 1.21 bits per heavy atom. The predicted octanol–water partition coefficient (Wildman–Crippen LogP) is 2.25. The molecule has 0 aliphatic carbocycles. The van der Waals surface area contributed by atoms with Crippen LogP contribution in [0, 0.1) is 5.41 Å². The average Bonchev–Trinajstić information content (AvgIpc) is 2.58. The Kier molecular flexibility index (Phi) is 7.63. The minimum atomic E-state index is -0.172. The van der Waals surface area contributed by atoms with Gasteiger partial charge in [-0.1, -0.05) is 6.92 Å². The van der Waals surface area contributed by atoms with E-state index >= 15 is 0 Å².